The molecule has 0 bridgehead atoms. The van der Waals surface area contributed by atoms with Crippen LogP contribution in [0.5, 0.6) is 11.5 Å². The van der Waals surface area contributed by atoms with Crippen molar-refractivity contribution in [3.63, 3.8) is 0 Å². The van der Waals surface area contributed by atoms with Crippen LogP contribution in [-0.2, 0) is 9.53 Å². The maximum absolute atomic E-state index is 12.0. The number of hydrogen-bond donors (Lipinski definition) is 1. The zero-order valence-electron chi connectivity index (χ0n) is 11.7. The maximum Gasteiger partial charge on any atom is 0.573 e. The number of alkyl halides is 3. The summed E-state index contributed by atoms with van der Waals surface area (Å²) in [6.07, 6.45) is -2.52. The van der Waals surface area contributed by atoms with Gasteiger partial charge in [-0.1, -0.05) is 0 Å². The van der Waals surface area contributed by atoms with Gasteiger partial charge in [0, 0.05) is 17.7 Å². The van der Waals surface area contributed by atoms with E-state index in [0.717, 1.165) is 18.2 Å². The van der Waals surface area contributed by atoms with Gasteiger partial charge in [-0.3, -0.25) is 0 Å². The number of hydrogen-bond acceptors (Lipinski definition) is 4. The molecular formula is C14H15F3O4. The molecule has 21 heavy (non-hydrogen) atoms. The second kappa shape index (κ2) is 6.07. The Morgan fingerprint density at radius 3 is 2.33 bits per heavy atom. The molecule has 1 aromatic carbocycles. The monoisotopic (exact) mass is 304 g/mol. The van der Waals surface area contributed by atoms with Gasteiger partial charge in [0.15, 0.2) is 0 Å². The van der Waals surface area contributed by atoms with Crippen LogP contribution in [0.3, 0.4) is 0 Å². The summed E-state index contributed by atoms with van der Waals surface area (Å²) in [5.41, 5.74) is -0.496. The number of phenols is 1. The molecule has 4 nitrogen and oxygen atoms in total. The van der Waals surface area contributed by atoms with E-state index in [2.05, 4.69) is 4.74 Å². The predicted octanol–water partition coefficient (Wildman–Crippen LogP) is 3.65. The number of halogens is 3. The molecule has 0 amide bonds. The van der Waals surface area contributed by atoms with Crippen molar-refractivity contribution in [1.82, 2.24) is 0 Å². The molecule has 7 heteroatoms. The van der Waals surface area contributed by atoms with Crippen LogP contribution in [0, 0.1) is 0 Å². The number of aromatic hydroxyl groups is 1. The molecule has 0 heterocycles. The van der Waals surface area contributed by atoms with E-state index in [0.29, 0.717) is 0 Å². The standard InChI is InChI=1S/C14H15F3O4/c1-13(2,3)21-12(19)7-5-9-4-6-10(8-11(9)18)20-14(15,16)17/h4-8,18H,1-3H3/b7-5+. The molecule has 1 aromatic rings. The van der Waals surface area contributed by atoms with Crippen molar-refractivity contribution in [2.24, 2.45) is 0 Å². The normalized spacial score (nSPS) is 12.5. The van der Waals surface area contributed by atoms with Crippen LogP contribution in [0.25, 0.3) is 6.08 Å². The van der Waals surface area contributed by atoms with Crippen molar-refractivity contribution in [3.05, 3.63) is 29.8 Å². The average Bonchev–Trinajstić information content (AvgIpc) is 2.23. The van der Waals surface area contributed by atoms with Crippen molar-refractivity contribution < 1.29 is 32.5 Å². The van der Waals surface area contributed by atoms with Crippen LogP contribution < -0.4 is 4.74 Å². The Labute approximate surface area is 119 Å². The number of benzene rings is 1. The molecular weight excluding hydrogens is 289 g/mol. The molecule has 0 atom stereocenters. The minimum atomic E-state index is -4.83. The first-order chi connectivity index (χ1) is 9.46. The molecule has 0 saturated carbocycles. The van der Waals surface area contributed by atoms with Gasteiger partial charge in [-0.25, -0.2) is 4.79 Å². The Kier molecular flexibility index (Phi) is 4.88. The fourth-order valence-electron chi connectivity index (χ4n) is 1.36. The summed E-state index contributed by atoms with van der Waals surface area (Å²) in [7, 11) is 0. The van der Waals surface area contributed by atoms with Crippen LogP contribution in [0.2, 0.25) is 0 Å². The van der Waals surface area contributed by atoms with E-state index in [-0.39, 0.29) is 5.56 Å². The number of phenolic OH excluding ortho intramolecular Hbond substituents is 1. The SMILES string of the molecule is CC(C)(C)OC(=O)/C=C/c1ccc(OC(F)(F)F)cc1O. The molecule has 0 aliphatic carbocycles. The molecule has 0 aromatic heterocycles. The Balaban J connectivity index is 2.79. The number of ether oxygens (including phenoxy) is 2. The zero-order valence-corrected chi connectivity index (χ0v) is 11.7. The molecule has 0 aliphatic rings. The van der Waals surface area contributed by atoms with Gasteiger partial charge in [-0.2, -0.15) is 0 Å². The minimum absolute atomic E-state index is 0.162. The van der Waals surface area contributed by atoms with Gasteiger partial charge in [-0.05, 0) is 39.0 Å². The maximum atomic E-state index is 12.0. The summed E-state index contributed by atoms with van der Waals surface area (Å²) in [5, 5.41) is 9.58. The number of rotatable bonds is 3. The lowest BCUT2D eigenvalue weighted by molar-refractivity contribution is -0.274. The van der Waals surface area contributed by atoms with Gasteiger partial charge in [0.05, 0.1) is 0 Å². The summed E-state index contributed by atoms with van der Waals surface area (Å²) < 4.78 is 44.7. The van der Waals surface area contributed by atoms with E-state index in [9.17, 15) is 23.1 Å². The smallest absolute Gasteiger partial charge is 0.507 e. The third-order valence-corrected chi connectivity index (χ3v) is 2.04. The van der Waals surface area contributed by atoms with E-state index in [1.54, 1.807) is 20.8 Å². The van der Waals surface area contributed by atoms with Gasteiger partial charge < -0.3 is 14.6 Å². The summed E-state index contributed by atoms with van der Waals surface area (Å²) >= 11 is 0. The van der Waals surface area contributed by atoms with E-state index < -0.39 is 29.4 Å². The highest BCUT2D eigenvalue weighted by atomic mass is 19.4. The lowest BCUT2D eigenvalue weighted by Gasteiger charge is -2.17. The van der Waals surface area contributed by atoms with Gasteiger partial charge in [-0.15, -0.1) is 13.2 Å². The Morgan fingerprint density at radius 1 is 1.24 bits per heavy atom. The zero-order chi connectivity index (χ0) is 16.3. The predicted molar refractivity (Wildman–Crippen MR) is 69.7 cm³/mol. The second-order valence-corrected chi connectivity index (χ2v) is 5.14. The third kappa shape index (κ3) is 6.69. The van der Waals surface area contributed by atoms with Crippen molar-refractivity contribution in [2.75, 3.05) is 0 Å². The van der Waals surface area contributed by atoms with Crippen LogP contribution in [0.15, 0.2) is 24.3 Å². The van der Waals surface area contributed by atoms with Gasteiger partial charge in [0.25, 0.3) is 0 Å². The summed E-state index contributed by atoms with van der Waals surface area (Å²) in [4.78, 5) is 11.4. The highest BCUT2D eigenvalue weighted by Crippen LogP contribution is 2.28. The molecule has 0 saturated heterocycles. The molecule has 1 rings (SSSR count). The van der Waals surface area contributed by atoms with Crippen molar-refractivity contribution in [2.45, 2.75) is 32.7 Å². The van der Waals surface area contributed by atoms with E-state index in [1.165, 1.54) is 12.1 Å². The van der Waals surface area contributed by atoms with E-state index in [4.69, 9.17) is 4.74 Å². The lowest BCUT2D eigenvalue weighted by Crippen LogP contribution is -2.22. The minimum Gasteiger partial charge on any atom is -0.507 e. The number of carbonyl (C=O) groups excluding carboxylic acids is 1. The summed E-state index contributed by atoms with van der Waals surface area (Å²) in [6.45, 7) is 5.08. The third-order valence-electron chi connectivity index (χ3n) is 2.04. The molecule has 0 unspecified atom stereocenters. The highest BCUT2D eigenvalue weighted by molar-refractivity contribution is 5.87. The molecule has 0 spiro atoms. The van der Waals surface area contributed by atoms with Gasteiger partial charge in [0.2, 0.25) is 0 Å². The van der Waals surface area contributed by atoms with Crippen LogP contribution in [0.4, 0.5) is 13.2 Å². The first-order valence-corrected chi connectivity index (χ1v) is 5.96. The fraction of sp³-hybridized carbons (Fsp3) is 0.357. The topological polar surface area (TPSA) is 55.8 Å². The van der Waals surface area contributed by atoms with Gasteiger partial charge >= 0.3 is 12.3 Å². The first kappa shape index (κ1) is 16.9. The van der Waals surface area contributed by atoms with Crippen LogP contribution >= 0.6 is 0 Å². The van der Waals surface area contributed by atoms with Crippen molar-refractivity contribution in [1.29, 1.82) is 0 Å². The Bertz CT molecular complexity index is 542. The quantitative estimate of drug-likeness (QED) is 0.684. The molecule has 116 valence electrons. The number of carbonyl (C=O) groups is 1. The lowest BCUT2D eigenvalue weighted by atomic mass is 10.1. The average molecular weight is 304 g/mol. The molecule has 0 radical (unpaired) electrons. The van der Waals surface area contributed by atoms with Crippen molar-refractivity contribution in [3.8, 4) is 11.5 Å². The van der Waals surface area contributed by atoms with E-state index >= 15 is 0 Å². The Morgan fingerprint density at radius 2 is 1.86 bits per heavy atom. The van der Waals surface area contributed by atoms with Crippen molar-refractivity contribution >= 4 is 12.0 Å². The Hall–Kier alpha value is -2.18. The summed E-state index contributed by atoms with van der Waals surface area (Å²) in [6, 6.07) is 3.03. The molecule has 0 aliphatic heterocycles. The largest absolute Gasteiger partial charge is 0.573 e. The fourth-order valence-corrected chi connectivity index (χ4v) is 1.36. The van der Waals surface area contributed by atoms with E-state index in [1.807, 2.05) is 0 Å². The van der Waals surface area contributed by atoms with Crippen LogP contribution in [0.1, 0.15) is 26.3 Å². The van der Waals surface area contributed by atoms with Gasteiger partial charge in [0.1, 0.15) is 17.1 Å². The second-order valence-electron chi connectivity index (χ2n) is 5.14. The highest BCUT2D eigenvalue weighted by Gasteiger charge is 2.31. The summed E-state index contributed by atoms with van der Waals surface area (Å²) in [5.74, 6) is -1.62. The van der Waals surface area contributed by atoms with Crippen LogP contribution in [-0.4, -0.2) is 23.0 Å². The number of esters is 1. The first-order valence-electron chi connectivity index (χ1n) is 5.96. The molecule has 0 fully saturated rings. The molecule has 1 N–H and O–H groups in total.